The number of hydrogen-bond acceptors (Lipinski definition) is 4. The molecule has 0 atom stereocenters. The van der Waals surface area contributed by atoms with E-state index in [-0.39, 0.29) is 0 Å². The number of benzene rings is 2. The minimum atomic E-state index is -5.92. The fraction of sp³-hybridized carbons (Fsp3) is 0.0769. The van der Waals surface area contributed by atoms with Crippen LogP contribution in [0.5, 0.6) is 0 Å². The van der Waals surface area contributed by atoms with Crippen LogP contribution in [0, 0.1) is 11.6 Å². The zero-order valence-electron chi connectivity index (χ0n) is 12.1. The fourth-order valence-electron chi connectivity index (χ4n) is 1.64. The molecule has 0 aliphatic heterocycles. The van der Waals surface area contributed by atoms with Crippen molar-refractivity contribution in [3.8, 4) is 0 Å². The maximum Gasteiger partial charge on any atom is 0.483 e. The Morgan fingerprint density at radius 3 is 1.32 bits per heavy atom. The second-order valence-electron chi connectivity index (χ2n) is 4.63. The minimum Gasteiger partial charge on any atom is -0.275 e. The van der Waals surface area contributed by atoms with Crippen molar-refractivity contribution in [1.82, 2.24) is 0 Å². The molecule has 0 heterocycles. The third kappa shape index (κ3) is 3.69. The smallest absolute Gasteiger partial charge is 0.275 e. The third-order valence-electron chi connectivity index (χ3n) is 2.86. The Hall–Kier alpha value is -2.34. The molecule has 0 aliphatic rings. The van der Waals surface area contributed by atoms with Gasteiger partial charge < -0.3 is 0 Å². The monoisotopic (exact) mass is 398 g/mol. The molecular formula is C13H10F4N2O4S2. The number of anilines is 2. The molecule has 0 saturated heterocycles. The molecule has 136 valence electrons. The van der Waals surface area contributed by atoms with Gasteiger partial charge in [-0.15, -0.1) is 0 Å². The molecule has 0 unspecified atom stereocenters. The van der Waals surface area contributed by atoms with E-state index in [1.54, 1.807) is 0 Å². The van der Waals surface area contributed by atoms with Gasteiger partial charge in [-0.05, 0) is 24.3 Å². The number of hydrogen-bond donors (Lipinski definition) is 2. The summed E-state index contributed by atoms with van der Waals surface area (Å²) >= 11 is 0. The van der Waals surface area contributed by atoms with E-state index in [9.17, 15) is 34.4 Å². The zero-order valence-corrected chi connectivity index (χ0v) is 13.7. The number of rotatable bonds is 6. The van der Waals surface area contributed by atoms with E-state index in [0.29, 0.717) is 0 Å². The van der Waals surface area contributed by atoms with E-state index >= 15 is 0 Å². The largest absolute Gasteiger partial charge is 0.483 e. The van der Waals surface area contributed by atoms with Crippen LogP contribution < -0.4 is 9.44 Å². The van der Waals surface area contributed by atoms with Gasteiger partial charge in [-0.3, -0.25) is 9.44 Å². The molecule has 2 aromatic carbocycles. The normalized spacial score (nSPS) is 12.6. The summed E-state index contributed by atoms with van der Waals surface area (Å²) in [6.45, 7) is 0. The SMILES string of the molecule is O=S(=O)(Nc1ccccc1F)C(F)(F)S(=O)(=O)Nc1ccccc1F. The second-order valence-corrected chi connectivity index (χ2v) is 8.34. The highest BCUT2D eigenvalue weighted by Gasteiger charge is 2.58. The lowest BCUT2D eigenvalue weighted by atomic mass is 10.3. The molecule has 0 bridgehead atoms. The van der Waals surface area contributed by atoms with Gasteiger partial charge in [-0.2, -0.15) is 25.6 Å². The average Bonchev–Trinajstić information content (AvgIpc) is 2.51. The lowest BCUT2D eigenvalue weighted by Crippen LogP contribution is -2.44. The summed E-state index contributed by atoms with van der Waals surface area (Å²) in [5, 5.41) is 0. The number of nitrogens with one attached hydrogen (secondary N) is 2. The van der Waals surface area contributed by atoms with Crippen LogP contribution in [0.3, 0.4) is 0 Å². The van der Waals surface area contributed by atoms with Gasteiger partial charge in [0.2, 0.25) is 0 Å². The van der Waals surface area contributed by atoms with Crippen LogP contribution in [0.15, 0.2) is 48.5 Å². The first-order valence-corrected chi connectivity index (χ1v) is 9.36. The molecule has 25 heavy (non-hydrogen) atoms. The Labute approximate surface area is 140 Å². The van der Waals surface area contributed by atoms with Crippen LogP contribution in [0.4, 0.5) is 28.9 Å². The molecule has 6 nitrogen and oxygen atoms in total. The summed E-state index contributed by atoms with van der Waals surface area (Å²) in [5.74, 6) is -2.39. The highest BCUT2D eigenvalue weighted by Crippen LogP contribution is 2.32. The molecule has 2 rings (SSSR count). The topological polar surface area (TPSA) is 92.3 Å². The summed E-state index contributed by atoms with van der Waals surface area (Å²) < 4.78 is 98.9. The van der Waals surface area contributed by atoms with Crippen molar-refractivity contribution < 1.29 is 34.4 Å². The first-order chi connectivity index (χ1) is 11.5. The molecule has 12 heteroatoms. The zero-order chi connectivity index (χ0) is 18.9. The maximum atomic E-state index is 14.1. The van der Waals surface area contributed by atoms with Gasteiger partial charge in [0.25, 0.3) is 0 Å². The van der Waals surface area contributed by atoms with E-state index in [2.05, 4.69) is 0 Å². The molecule has 2 aromatic rings. The Kier molecular flexibility index (Phi) is 4.95. The van der Waals surface area contributed by atoms with Crippen LogP contribution in [-0.4, -0.2) is 21.4 Å². The molecular weight excluding hydrogens is 388 g/mol. The highest BCUT2D eigenvalue weighted by atomic mass is 32.3. The summed E-state index contributed by atoms with van der Waals surface area (Å²) in [6.07, 6.45) is 0. The van der Waals surface area contributed by atoms with E-state index in [4.69, 9.17) is 0 Å². The van der Waals surface area contributed by atoms with Crippen molar-refractivity contribution in [2.45, 2.75) is 4.59 Å². The van der Waals surface area contributed by atoms with Gasteiger partial charge in [-0.25, -0.2) is 8.78 Å². The van der Waals surface area contributed by atoms with Gasteiger partial charge in [0, 0.05) is 0 Å². The van der Waals surface area contributed by atoms with Gasteiger partial charge >= 0.3 is 24.6 Å². The lowest BCUT2D eigenvalue weighted by molar-refractivity contribution is 0.182. The van der Waals surface area contributed by atoms with Crippen LogP contribution >= 0.6 is 0 Å². The van der Waals surface area contributed by atoms with E-state index in [1.807, 2.05) is 0 Å². The average molecular weight is 398 g/mol. The third-order valence-corrected chi connectivity index (χ3v) is 6.41. The van der Waals surface area contributed by atoms with Crippen molar-refractivity contribution in [2.24, 2.45) is 0 Å². The number of para-hydroxylation sites is 2. The van der Waals surface area contributed by atoms with Crippen LogP contribution in [0.25, 0.3) is 0 Å². The number of alkyl halides is 2. The van der Waals surface area contributed by atoms with E-state index < -0.39 is 47.6 Å². The fourth-order valence-corrected chi connectivity index (χ4v) is 4.19. The van der Waals surface area contributed by atoms with Gasteiger partial charge in [0.05, 0.1) is 11.4 Å². The summed E-state index contributed by atoms with van der Waals surface area (Å²) in [4.78, 5) is 0. The molecule has 0 spiro atoms. The first kappa shape index (κ1) is 19.0. The van der Waals surface area contributed by atoms with Crippen molar-refractivity contribution in [3.05, 3.63) is 60.2 Å². The summed E-state index contributed by atoms with van der Waals surface area (Å²) in [5.41, 5.74) is -1.74. The van der Waals surface area contributed by atoms with Crippen molar-refractivity contribution in [3.63, 3.8) is 0 Å². The first-order valence-electron chi connectivity index (χ1n) is 6.39. The Balaban J connectivity index is 2.38. The number of halogens is 4. The Morgan fingerprint density at radius 2 is 1.00 bits per heavy atom. The van der Waals surface area contributed by atoms with Gasteiger partial charge in [-0.1, -0.05) is 24.3 Å². The standard InChI is InChI=1S/C13H10F4N2O4S2/c14-9-5-1-3-7-11(9)18-24(20,21)13(16,17)25(22,23)19-12-8-4-2-6-10(12)15/h1-8,18-19H. The minimum absolute atomic E-state index is 0.780. The van der Waals surface area contributed by atoms with Gasteiger partial charge in [0.1, 0.15) is 11.6 Å². The molecule has 2 N–H and O–H groups in total. The lowest BCUT2D eigenvalue weighted by Gasteiger charge is -2.19. The summed E-state index contributed by atoms with van der Waals surface area (Å²) in [6, 6.07) is 7.82. The molecule has 0 amide bonds. The predicted molar refractivity (Wildman–Crippen MR) is 82.8 cm³/mol. The van der Waals surface area contributed by atoms with E-state index in [0.717, 1.165) is 36.4 Å². The highest BCUT2D eigenvalue weighted by molar-refractivity contribution is 8.10. The van der Waals surface area contributed by atoms with E-state index in [1.165, 1.54) is 21.6 Å². The van der Waals surface area contributed by atoms with Crippen molar-refractivity contribution in [1.29, 1.82) is 0 Å². The van der Waals surface area contributed by atoms with Crippen LogP contribution in [-0.2, 0) is 20.0 Å². The molecule has 0 radical (unpaired) electrons. The Morgan fingerprint density at radius 1 is 0.680 bits per heavy atom. The molecule has 0 fully saturated rings. The van der Waals surface area contributed by atoms with Gasteiger partial charge in [0.15, 0.2) is 0 Å². The van der Waals surface area contributed by atoms with Crippen LogP contribution in [0.1, 0.15) is 0 Å². The summed E-state index contributed by atoms with van der Waals surface area (Å²) in [7, 11) is -11.8. The Bertz CT molecular complexity index is 915. The quantitative estimate of drug-likeness (QED) is 0.732. The molecule has 0 saturated carbocycles. The van der Waals surface area contributed by atoms with Crippen molar-refractivity contribution >= 4 is 31.4 Å². The number of sulfonamides is 2. The predicted octanol–water partition coefficient (Wildman–Crippen LogP) is 2.70. The molecule has 0 aromatic heterocycles. The van der Waals surface area contributed by atoms with Crippen molar-refractivity contribution in [2.75, 3.05) is 9.44 Å². The maximum absolute atomic E-state index is 14.1. The second kappa shape index (κ2) is 6.52. The molecule has 0 aliphatic carbocycles. The van der Waals surface area contributed by atoms with Crippen LogP contribution in [0.2, 0.25) is 0 Å².